The molecule has 1 aliphatic rings. The summed E-state index contributed by atoms with van der Waals surface area (Å²) in [5, 5.41) is 3.51. The Bertz CT molecular complexity index is 618. The molecule has 1 aromatic carbocycles. The number of methoxy groups -OCH3 is 2. The third-order valence-corrected chi connectivity index (χ3v) is 5.32. The molecule has 1 atom stereocenters. The van der Waals surface area contributed by atoms with Crippen LogP contribution in [-0.4, -0.2) is 69.8 Å². The molecule has 0 spiro atoms. The number of fused-ring (bicyclic) bond motifs is 1. The Labute approximate surface area is 158 Å². The lowest BCUT2D eigenvalue weighted by Gasteiger charge is -2.32. The second kappa shape index (κ2) is 9.67. The first-order chi connectivity index (χ1) is 12.5. The Kier molecular flexibility index (Phi) is 7.57. The fourth-order valence-corrected chi connectivity index (χ4v) is 3.27. The summed E-state index contributed by atoms with van der Waals surface area (Å²) in [6.45, 7) is 8.16. The van der Waals surface area contributed by atoms with Gasteiger partial charge >= 0.3 is 0 Å². The molecule has 0 fully saturated rings. The van der Waals surface area contributed by atoms with Crippen molar-refractivity contribution in [1.82, 2.24) is 15.1 Å². The minimum atomic E-state index is 0.600. The zero-order valence-corrected chi connectivity index (χ0v) is 17.1. The predicted octanol–water partition coefficient (Wildman–Crippen LogP) is 2.37. The van der Waals surface area contributed by atoms with E-state index >= 15 is 0 Å². The van der Waals surface area contributed by atoms with Gasteiger partial charge in [0.15, 0.2) is 17.5 Å². The molecule has 2 rings (SSSR count). The first-order valence-electron chi connectivity index (χ1n) is 9.43. The van der Waals surface area contributed by atoms with E-state index in [-0.39, 0.29) is 0 Å². The third kappa shape index (κ3) is 4.81. The molecule has 1 N–H and O–H groups in total. The van der Waals surface area contributed by atoms with Crippen molar-refractivity contribution in [3.05, 3.63) is 23.3 Å². The lowest BCUT2D eigenvalue weighted by Crippen LogP contribution is -2.46. The van der Waals surface area contributed by atoms with E-state index in [1.54, 1.807) is 14.2 Å². The quantitative estimate of drug-likeness (QED) is 0.596. The van der Waals surface area contributed by atoms with Gasteiger partial charge in [0.2, 0.25) is 0 Å². The van der Waals surface area contributed by atoms with Gasteiger partial charge in [-0.15, -0.1) is 0 Å². The van der Waals surface area contributed by atoms with E-state index in [9.17, 15) is 0 Å². The van der Waals surface area contributed by atoms with Crippen LogP contribution >= 0.6 is 0 Å². The largest absolute Gasteiger partial charge is 0.493 e. The Morgan fingerprint density at radius 3 is 2.50 bits per heavy atom. The second-order valence-electron chi connectivity index (χ2n) is 6.86. The van der Waals surface area contributed by atoms with Crippen LogP contribution in [0.25, 0.3) is 0 Å². The van der Waals surface area contributed by atoms with Crippen molar-refractivity contribution in [2.75, 3.05) is 47.9 Å². The Morgan fingerprint density at radius 1 is 1.27 bits per heavy atom. The van der Waals surface area contributed by atoms with Gasteiger partial charge in [0.25, 0.3) is 0 Å². The summed E-state index contributed by atoms with van der Waals surface area (Å²) in [5.74, 6) is 2.55. The lowest BCUT2D eigenvalue weighted by atomic mass is 9.99. The molecule has 0 amide bonds. The minimum Gasteiger partial charge on any atom is -0.493 e. The molecule has 0 saturated carbocycles. The molecular formula is C20H34N4O2. The smallest absolute Gasteiger partial charge is 0.194 e. The van der Waals surface area contributed by atoms with Crippen molar-refractivity contribution < 1.29 is 9.47 Å². The Morgan fingerprint density at radius 2 is 1.92 bits per heavy atom. The molecule has 1 unspecified atom stereocenters. The maximum atomic E-state index is 5.45. The fraction of sp³-hybridized carbons (Fsp3) is 0.650. The van der Waals surface area contributed by atoms with Crippen molar-refractivity contribution >= 4 is 5.96 Å². The van der Waals surface area contributed by atoms with Crippen LogP contribution < -0.4 is 14.8 Å². The molecule has 0 aromatic heterocycles. The first kappa shape index (κ1) is 20.4. The Hall–Kier alpha value is -1.95. The second-order valence-corrected chi connectivity index (χ2v) is 6.86. The number of ether oxygens (including phenoxy) is 2. The molecule has 0 radical (unpaired) electrons. The van der Waals surface area contributed by atoms with Crippen molar-refractivity contribution in [1.29, 1.82) is 0 Å². The summed E-state index contributed by atoms with van der Waals surface area (Å²) < 4.78 is 10.9. The van der Waals surface area contributed by atoms with Crippen LogP contribution in [0.1, 0.15) is 31.4 Å². The van der Waals surface area contributed by atoms with Gasteiger partial charge in [0.1, 0.15) is 0 Å². The topological polar surface area (TPSA) is 49.3 Å². The number of benzene rings is 1. The van der Waals surface area contributed by atoms with E-state index < -0.39 is 0 Å². The van der Waals surface area contributed by atoms with Gasteiger partial charge in [-0.05, 0) is 50.1 Å². The number of nitrogens with one attached hydrogen (secondary N) is 1. The summed E-state index contributed by atoms with van der Waals surface area (Å²) in [5.41, 5.74) is 2.60. The van der Waals surface area contributed by atoms with Crippen LogP contribution in [0, 0.1) is 0 Å². The van der Waals surface area contributed by atoms with Crippen LogP contribution in [0.15, 0.2) is 17.1 Å². The number of rotatable bonds is 7. The SMILES string of the molecule is CCC(C)N(C)CCNC(=NC)N1CCc2cc(OC)c(OC)cc2C1. The average Bonchev–Trinajstić information content (AvgIpc) is 2.68. The van der Waals surface area contributed by atoms with Crippen molar-refractivity contribution in [2.45, 2.75) is 39.3 Å². The van der Waals surface area contributed by atoms with Crippen molar-refractivity contribution in [3.63, 3.8) is 0 Å². The van der Waals surface area contributed by atoms with Crippen LogP contribution in [0.3, 0.4) is 0 Å². The summed E-state index contributed by atoms with van der Waals surface area (Å²) >= 11 is 0. The molecule has 6 nitrogen and oxygen atoms in total. The van der Waals surface area contributed by atoms with E-state index in [4.69, 9.17) is 9.47 Å². The van der Waals surface area contributed by atoms with Gasteiger partial charge in [-0.2, -0.15) is 0 Å². The number of nitrogens with zero attached hydrogens (tertiary/aromatic N) is 3. The standard InChI is InChI=1S/C20H34N4O2/c1-7-15(2)23(4)11-9-22-20(21-3)24-10-8-16-12-18(25-5)19(26-6)13-17(16)14-24/h12-13,15H,7-11,14H2,1-6H3,(H,21,22). The zero-order chi connectivity index (χ0) is 19.1. The maximum Gasteiger partial charge on any atom is 0.194 e. The molecule has 0 aliphatic carbocycles. The van der Waals surface area contributed by atoms with Crippen LogP contribution in [0.2, 0.25) is 0 Å². The fourth-order valence-electron chi connectivity index (χ4n) is 3.27. The highest BCUT2D eigenvalue weighted by atomic mass is 16.5. The van der Waals surface area contributed by atoms with E-state index in [2.05, 4.69) is 53.1 Å². The molecule has 1 aromatic rings. The lowest BCUT2D eigenvalue weighted by molar-refractivity contribution is 0.254. The monoisotopic (exact) mass is 362 g/mol. The number of likely N-dealkylation sites (N-methyl/N-ethyl adjacent to an activating group) is 1. The van der Waals surface area contributed by atoms with Crippen LogP contribution in [0.5, 0.6) is 11.5 Å². The van der Waals surface area contributed by atoms with E-state index in [1.807, 2.05) is 7.05 Å². The summed E-state index contributed by atoms with van der Waals surface area (Å²) in [6.07, 6.45) is 2.14. The third-order valence-electron chi connectivity index (χ3n) is 5.32. The van der Waals surface area contributed by atoms with Gasteiger partial charge in [0.05, 0.1) is 14.2 Å². The van der Waals surface area contributed by atoms with Gasteiger partial charge < -0.3 is 24.6 Å². The molecule has 1 aliphatic heterocycles. The summed E-state index contributed by atoms with van der Waals surface area (Å²) in [7, 11) is 7.39. The number of hydrogen-bond acceptors (Lipinski definition) is 4. The number of guanidine groups is 1. The normalized spacial score (nSPS) is 15.7. The highest BCUT2D eigenvalue weighted by Crippen LogP contribution is 2.33. The molecule has 0 bridgehead atoms. The first-order valence-corrected chi connectivity index (χ1v) is 9.43. The maximum absolute atomic E-state index is 5.45. The van der Waals surface area contributed by atoms with Gasteiger partial charge in [0, 0.05) is 39.3 Å². The van der Waals surface area contributed by atoms with Crippen LogP contribution in [0.4, 0.5) is 0 Å². The summed E-state index contributed by atoms with van der Waals surface area (Å²) in [4.78, 5) is 9.16. The molecular weight excluding hydrogens is 328 g/mol. The minimum absolute atomic E-state index is 0.600. The molecule has 0 saturated heterocycles. The van der Waals surface area contributed by atoms with Gasteiger partial charge in [-0.3, -0.25) is 4.99 Å². The zero-order valence-electron chi connectivity index (χ0n) is 17.1. The van der Waals surface area contributed by atoms with E-state index in [0.29, 0.717) is 6.04 Å². The van der Waals surface area contributed by atoms with Gasteiger partial charge in [-0.25, -0.2) is 0 Å². The summed E-state index contributed by atoms with van der Waals surface area (Å²) in [6, 6.07) is 4.79. The number of aliphatic imine (C=N–C) groups is 1. The molecule has 1 heterocycles. The van der Waals surface area contributed by atoms with Gasteiger partial charge in [-0.1, -0.05) is 6.92 Å². The Balaban J connectivity index is 1.99. The highest BCUT2D eigenvalue weighted by molar-refractivity contribution is 5.80. The van der Waals surface area contributed by atoms with Crippen molar-refractivity contribution in [2.24, 2.45) is 4.99 Å². The molecule has 146 valence electrons. The molecule has 6 heteroatoms. The van der Waals surface area contributed by atoms with Crippen molar-refractivity contribution in [3.8, 4) is 11.5 Å². The number of hydrogen-bond donors (Lipinski definition) is 1. The molecule has 26 heavy (non-hydrogen) atoms. The van der Waals surface area contributed by atoms with E-state index in [0.717, 1.165) is 50.1 Å². The van der Waals surface area contributed by atoms with E-state index in [1.165, 1.54) is 17.5 Å². The predicted molar refractivity (Wildman–Crippen MR) is 107 cm³/mol. The average molecular weight is 363 g/mol. The van der Waals surface area contributed by atoms with Crippen LogP contribution in [-0.2, 0) is 13.0 Å². The highest BCUT2D eigenvalue weighted by Gasteiger charge is 2.21.